The van der Waals surface area contributed by atoms with Gasteiger partial charge in [0.1, 0.15) is 6.54 Å². The van der Waals surface area contributed by atoms with E-state index in [-0.39, 0.29) is 30.2 Å². The number of hydrogen-bond acceptors (Lipinski definition) is 3. The zero-order chi connectivity index (χ0) is 17.4. The van der Waals surface area contributed by atoms with Crippen molar-refractivity contribution in [2.75, 3.05) is 6.61 Å². The summed E-state index contributed by atoms with van der Waals surface area (Å²) >= 11 is 0. The van der Waals surface area contributed by atoms with Crippen LogP contribution in [0.1, 0.15) is 43.1 Å². The van der Waals surface area contributed by atoms with Crippen molar-refractivity contribution >= 4 is 5.91 Å². The summed E-state index contributed by atoms with van der Waals surface area (Å²) in [5, 5.41) is 6.59. The maximum Gasteiger partial charge on any atom is 0.435 e. The van der Waals surface area contributed by atoms with Gasteiger partial charge in [-0.1, -0.05) is 12.2 Å². The molecule has 0 spiro atoms. The molecule has 1 amide bonds. The monoisotopic (exact) mass is 343 g/mol. The molecular formula is C16H20F3N3O2. The number of nitrogens with zero attached hydrogens (tertiary/aromatic N) is 2. The fourth-order valence-corrected chi connectivity index (χ4v) is 3.26. The van der Waals surface area contributed by atoms with Crippen LogP contribution < -0.4 is 5.32 Å². The lowest BCUT2D eigenvalue weighted by atomic mass is 9.87. The van der Waals surface area contributed by atoms with Crippen LogP contribution in [0, 0.1) is 0 Å². The Morgan fingerprint density at radius 2 is 2.25 bits per heavy atom. The number of carbonyl (C=O) groups excluding carboxylic acids is 1. The van der Waals surface area contributed by atoms with Crippen LogP contribution in [-0.2, 0) is 35.3 Å². The zero-order valence-electron chi connectivity index (χ0n) is 13.4. The molecular weight excluding hydrogens is 323 g/mol. The van der Waals surface area contributed by atoms with Crippen LogP contribution in [0.15, 0.2) is 12.2 Å². The van der Waals surface area contributed by atoms with E-state index in [2.05, 4.69) is 16.5 Å². The summed E-state index contributed by atoms with van der Waals surface area (Å²) < 4.78 is 45.7. The van der Waals surface area contributed by atoms with E-state index in [4.69, 9.17) is 4.74 Å². The Hall–Kier alpha value is -1.83. The van der Waals surface area contributed by atoms with Crippen molar-refractivity contribution in [3.8, 4) is 0 Å². The zero-order valence-corrected chi connectivity index (χ0v) is 13.4. The van der Waals surface area contributed by atoms with Crippen LogP contribution >= 0.6 is 0 Å². The number of ether oxygens (including phenoxy) is 1. The Bertz CT molecular complexity index is 666. The minimum atomic E-state index is -4.55. The van der Waals surface area contributed by atoms with Crippen molar-refractivity contribution in [2.45, 2.75) is 57.5 Å². The average Bonchev–Trinajstić information content (AvgIpc) is 2.86. The van der Waals surface area contributed by atoms with E-state index in [0.29, 0.717) is 18.7 Å². The lowest BCUT2D eigenvalue weighted by molar-refractivity contribution is -0.143. The van der Waals surface area contributed by atoms with E-state index >= 15 is 0 Å². The quantitative estimate of drug-likeness (QED) is 0.859. The SMILES string of the molecule is C[C@@]1(NC(=O)Cn2nc(C(F)(F)F)c3c2CCOC3)CC=CCC1. The van der Waals surface area contributed by atoms with E-state index in [1.807, 2.05) is 13.0 Å². The number of hydrogen-bond donors (Lipinski definition) is 1. The minimum absolute atomic E-state index is 0.0494. The molecule has 0 unspecified atom stereocenters. The molecule has 2 aliphatic rings. The average molecular weight is 343 g/mol. The number of alkyl halides is 3. The second kappa shape index (κ2) is 6.23. The topological polar surface area (TPSA) is 56.2 Å². The first-order chi connectivity index (χ1) is 11.3. The number of allylic oxidation sites excluding steroid dienone is 1. The van der Waals surface area contributed by atoms with E-state index in [0.717, 1.165) is 19.3 Å². The first-order valence-corrected chi connectivity index (χ1v) is 7.98. The summed E-state index contributed by atoms with van der Waals surface area (Å²) in [6, 6.07) is 0. The van der Waals surface area contributed by atoms with Crippen molar-refractivity contribution < 1.29 is 22.7 Å². The van der Waals surface area contributed by atoms with Crippen molar-refractivity contribution in [1.29, 1.82) is 0 Å². The normalized spacial score (nSPS) is 23.8. The van der Waals surface area contributed by atoms with E-state index in [1.54, 1.807) is 0 Å². The Kier molecular flexibility index (Phi) is 4.42. The maximum absolute atomic E-state index is 13.1. The summed E-state index contributed by atoms with van der Waals surface area (Å²) in [7, 11) is 0. The molecule has 0 aromatic carbocycles. The molecule has 5 nitrogen and oxygen atoms in total. The highest BCUT2D eigenvalue weighted by molar-refractivity contribution is 5.76. The first-order valence-electron chi connectivity index (χ1n) is 7.98. The van der Waals surface area contributed by atoms with Crippen molar-refractivity contribution in [3.05, 3.63) is 29.1 Å². The summed E-state index contributed by atoms with van der Waals surface area (Å²) in [4.78, 5) is 12.3. The first kappa shape index (κ1) is 17.0. The van der Waals surface area contributed by atoms with Gasteiger partial charge in [-0.05, 0) is 26.2 Å². The molecule has 0 saturated heterocycles. The van der Waals surface area contributed by atoms with Gasteiger partial charge in [-0.25, -0.2) is 0 Å². The van der Waals surface area contributed by atoms with E-state index < -0.39 is 11.9 Å². The van der Waals surface area contributed by atoms with Crippen LogP contribution in [0.5, 0.6) is 0 Å². The molecule has 1 N–H and O–H groups in total. The summed E-state index contributed by atoms with van der Waals surface area (Å²) in [6.07, 6.45) is 2.26. The van der Waals surface area contributed by atoms with Crippen LogP contribution in [-0.4, -0.2) is 27.8 Å². The van der Waals surface area contributed by atoms with Crippen LogP contribution in [0.3, 0.4) is 0 Å². The molecule has 1 aromatic rings. The lowest BCUT2D eigenvalue weighted by Gasteiger charge is -2.32. The summed E-state index contributed by atoms with van der Waals surface area (Å²) in [6.45, 7) is 1.95. The Labute approximate surface area is 137 Å². The molecule has 1 aromatic heterocycles. The molecule has 0 bridgehead atoms. The van der Waals surface area contributed by atoms with Gasteiger partial charge in [0, 0.05) is 23.2 Å². The Morgan fingerprint density at radius 1 is 1.46 bits per heavy atom. The smallest absolute Gasteiger partial charge is 0.376 e. The molecule has 0 radical (unpaired) electrons. The Balaban J connectivity index is 1.78. The van der Waals surface area contributed by atoms with Gasteiger partial charge in [0.05, 0.1) is 13.2 Å². The predicted molar refractivity (Wildman–Crippen MR) is 80.1 cm³/mol. The molecule has 24 heavy (non-hydrogen) atoms. The van der Waals surface area contributed by atoms with Gasteiger partial charge >= 0.3 is 6.18 Å². The van der Waals surface area contributed by atoms with Gasteiger partial charge < -0.3 is 10.1 Å². The molecule has 3 rings (SSSR count). The summed E-state index contributed by atoms with van der Waals surface area (Å²) in [5.41, 5.74) is -0.808. The predicted octanol–water partition coefficient (Wildman–Crippen LogP) is 2.59. The molecule has 1 aliphatic carbocycles. The number of amides is 1. The molecule has 1 atom stereocenters. The van der Waals surface area contributed by atoms with Crippen molar-refractivity contribution in [1.82, 2.24) is 15.1 Å². The van der Waals surface area contributed by atoms with Crippen LogP contribution in [0.4, 0.5) is 13.2 Å². The molecule has 1 aliphatic heterocycles. The fraction of sp³-hybridized carbons (Fsp3) is 0.625. The van der Waals surface area contributed by atoms with Crippen molar-refractivity contribution in [2.24, 2.45) is 0 Å². The van der Waals surface area contributed by atoms with Crippen molar-refractivity contribution in [3.63, 3.8) is 0 Å². The van der Waals surface area contributed by atoms with Crippen LogP contribution in [0.25, 0.3) is 0 Å². The Morgan fingerprint density at radius 3 is 2.92 bits per heavy atom. The van der Waals surface area contributed by atoms with Crippen LogP contribution in [0.2, 0.25) is 0 Å². The van der Waals surface area contributed by atoms with E-state index in [1.165, 1.54) is 4.68 Å². The largest absolute Gasteiger partial charge is 0.435 e. The number of nitrogens with one attached hydrogen (secondary N) is 1. The molecule has 132 valence electrons. The number of carbonyl (C=O) groups is 1. The number of halogens is 3. The number of rotatable bonds is 3. The highest BCUT2D eigenvalue weighted by Crippen LogP contribution is 2.34. The third kappa shape index (κ3) is 3.48. The third-order valence-corrected chi connectivity index (χ3v) is 4.50. The molecule has 0 fully saturated rings. The summed E-state index contributed by atoms with van der Waals surface area (Å²) in [5.74, 6) is -0.321. The van der Waals surface area contributed by atoms with Gasteiger partial charge in [-0.15, -0.1) is 0 Å². The second-order valence-electron chi connectivity index (χ2n) is 6.55. The highest BCUT2D eigenvalue weighted by Gasteiger charge is 2.40. The number of fused-ring (bicyclic) bond motifs is 1. The van der Waals surface area contributed by atoms with Gasteiger partial charge in [-0.2, -0.15) is 18.3 Å². The molecule has 2 heterocycles. The highest BCUT2D eigenvalue weighted by atomic mass is 19.4. The standard InChI is InChI=1S/C16H20F3N3O2/c1-15(6-3-2-4-7-15)20-13(23)9-22-12-5-8-24-10-11(12)14(21-22)16(17,18)19/h2-3H,4-10H2,1H3,(H,20,23)/t15-/m1/s1. The lowest BCUT2D eigenvalue weighted by Crippen LogP contribution is -2.47. The van der Waals surface area contributed by atoms with Gasteiger partial charge in [-0.3, -0.25) is 9.48 Å². The minimum Gasteiger partial charge on any atom is -0.376 e. The molecule has 0 saturated carbocycles. The van der Waals surface area contributed by atoms with Gasteiger partial charge in [0.2, 0.25) is 5.91 Å². The van der Waals surface area contributed by atoms with Gasteiger partial charge in [0.25, 0.3) is 0 Å². The van der Waals surface area contributed by atoms with Gasteiger partial charge in [0.15, 0.2) is 5.69 Å². The van der Waals surface area contributed by atoms with E-state index in [9.17, 15) is 18.0 Å². The third-order valence-electron chi connectivity index (χ3n) is 4.50. The second-order valence-corrected chi connectivity index (χ2v) is 6.55. The number of aromatic nitrogens is 2. The fourth-order valence-electron chi connectivity index (χ4n) is 3.26. The maximum atomic E-state index is 13.1. The molecule has 8 heteroatoms.